The van der Waals surface area contributed by atoms with E-state index in [1.165, 1.54) is 0 Å². The first kappa shape index (κ1) is 30.7. The Kier molecular flexibility index (Phi) is 8.62. The predicted octanol–water partition coefficient (Wildman–Crippen LogP) is 3.35. The zero-order valence-corrected chi connectivity index (χ0v) is 25.2. The number of aromatic nitrogens is 2. The van der Waals surface area contributed by atoms with Gasteiger partial charge in [-0.1, -0.05) is 38.1 Å². The lowest BCUT2D eigenvalue weighted by molar-refractivity contribution is -0.139. The molecule has 4 N–H and O–H groups in total. The highest BCUT2D eigenvalue weighted by molar-refractivity contribution is 7.89. The van der Waals surface area contributed by atoms with Crippen molar-refractivity contribution in [1.29, 1.82) is 0 Å². The lowest BCUT2D eigenvalue weighted by atomic mass is 9.70. The van der Waals surface area contributed by atoms with Crippen LogP contribution in [0.2, 0.25) is 0 Å². The quantitative estimate of drug-likeness (QED) is 0.202. The van der Waals surface area contributed by atoms with E-state index < -0.39 is 38.6 Å². The number of fused-ring (bicyclic) bond motifs is 3. The minimum absolute atomic E-state index is 0.0371. The molecule has 1 aromatic heterocycles. The van der Waals surface area contributed by atoms with E-state index in [4.69, 9.17) is 4.74 Å². The van der Waals surface area contributed by atoms with E-state index in [0.29, 0.717) is 49.6 Å². The Morgan fingerprint density at radius 3 is 2.56 bits per heavy atom. The van der Waals surface area contributed by atoms with Gasteiger partial charge in [-0.15, -0.1) is 0 Å². The van der Waals surface area contributed by atoms with Gasteiger partial charge in [-0.25, -0.2) is 18.1 Å². The molecule has 0 saturated heterocycles. The van der Waals surface area contributed by atoms with Crippen LogP contribution in [0.4, 0.5) is 0 Å². The zero-order valence-electron chi connectivity index (χ0n) is 24.4. The van der Waals surface area contributed by atoms with Crippen LogP contribution in [0.5, 0.6) is 5.75 Å². The first-order chi connectivity index (χ1) is 20.4. The molecule has 5 rings (SSSR count). The summed E-state index contributed by atoms with van der Waals surface area (Å²) in [5.74, 6) is -0.436. The van der Waals surface area contributed by atoms with Crippen LogP contribution in [0.15, 0.2) is 48.5 Å². The van der Waals surface area contributed by atoms with Crippen LogP contribution in [0.25, 0.3) is 11.0 Å². The summed E-state index contributed by atoms with van der Waals surface area (Å²) in [5, 5.41) is 12.6. The number of hydrogen-bond acceptors (Lipinski definition) is 7. The Morgan fingerprint density at radius 1 is 1.16 bits per heavy atom. The number of rotatable bonds is 14. The Balaban J connectivity index is 1.07. The molecule has 12 heteroatoms. The van der Waals surface area contributed by atoms with Crippen LogP contribution < -0.4 is 14.8 Å². The minimum Gasteiger partial charge on any atom is -0.494 e. The van der Waals surface area contributed by atoms with Gasteiger partial charge < -0.3 is 20.1 Å². The number of carbonyl (C=O) groups excluding carboxylic acids is 2. The number of aromatic amines is 1. The number of amides is 1. The molecular formula is C31H38N4O7S. The first-order valence-corrected chi connectivity index (χ1v) is 16.2. The number of H-pyrrole nitrogens is 1. The van der Waals surface area contributed by atoms with E-state index >= 15 is 0 Å². The van der Waals surface area contributed by atoms with Gasteiger partial charge >= 0.3 is 5.97 Å². The number of sulfonamides is 1. The number of benzene rings is 2. The number of hydrogen-bond donors (Lipinski definition) is 4. The summed E-state index contributed by atoms with van der Waals surface area (Å²) < 4.78 is 34.3. The van der Waals surface area contributed by atoms with Crippen molar-refractivity contribution in [3.05, 3.63) is 59.9 Å². The van der Waals surface area contributed by atoms with E-state index in [1.54, 1.807) is 24.3 Å². The second-order valence-electron chi connectivity index (χ2n) is 12.2. The molecule has 2 aromatic carbocycles. The number of ketones is 1. The number of carbonyl (C=O) groups is 3. The van der Waals surface area contributed by atoms with Crippen molar-refractivity contribution in [2.45, 2.75) is 65.0 Å². The Bertz CT molecular complexity index is 1580. The highest BCUT2D eigenvalue weighted by Gasteiger charge is 2.65. The van der Waals surface area contributed by atoms with Crippen molar-refractivity contribution in [2.75, 3.05) is 12.4 Å². The third-order valence-corrected chi connectivity index (χ3v) is 10.8. The van der Waals surface area contributed by atoms with Gasteiger partial charge in [-0.2, -0.15) is 0 Å². The summed E-state index contributed by atoms with van der Waals surface area (Å²) in [6, 6.07) is 13.0. The van der Waals surface area contributed by atoms with Crippen molar-refractivity contribution >= 4 is 38.7 Å². The summed E-state index contributed by atoms with van der Waals surface area (Å²) in [4.78, 5) is 44.6. The van der Waals surface area contributed by atoms with Gasteiger partial charge in [-0.3, -0.25) is 14.4 Å². The molecule has 1 unspecified atom stereocenters. The van der Waals surface area contributed by atoms with Gasteiger partial charge in [0.05, 0.1) is 29.9 Å². The number of carboxylic acids is 1. The molecule has 2 aliphatic rings. The summed E-state index contributed by atoms with van der Waals surface area (Å²) >= 11 is 0. The Hall–Kier alpha value is -3.77. The molecule has 230 valence electrons. The van der Waals surface area contributed by atoms with Crippen molar-refractivity contribution < 1.29 is 32.6 Å². The van der Waals surface area contributed by atoms with Crippen molar-refractivity contribution in [2.24, 2.45) is 16.7 Å². The van der Waals surface area contributed by atoms with Crippen molar-refractivity contribution in [3.63, 3.8) is 0 Å². The maximum atomic E-state index is 13.1. The Labute approximate surface area is 250 Å². The van der Waals surface area contributed by atoms with Crippen molar-refractivity contribution in [3.8, 4) is 5.75 Å². The number of nitrogens with one attached hydrogen (secondary N) is 3. The molecule has 3 atom stereocenters. The third kappa shape index (κ3) is 6.59. The van der Waals surface area contributed by atoms with Gasteiger partial charge in [0, 0.05) is 18.3 Å². The smallest absolute Gasteiger partial charge is 0.322 e. The number of imidazole rings is 1. The first-order valence-electron chi connectivity index (χ1n) is 14.6. The predicted molar refractivity (Wildman–Crippen MR) is 160 cm³/mol. The average molecular weight is 611 g/mol. The molecule has 0 aliphatic heterocycles. The van der Waals surface area contributed by atoms with Gasteiger partial charge in [0.2, 0.25) is 15.9 Å². The van der Waals surface area contributed by atoms with Crippen LogP contribution in [0.1, 0.15) is 57.3 Å². The summed E-state index contributed by atoms with van der Waals surface area (Å²) in [7, 11) is -4.05. The number of nitrogens with zero attached hydrogens (tertiary/aromatic N) is 1. The standard InChI is InChI=1S/C31H38N4O7S/c1-30(2)21-13-14-31(30,26(36)17-21)19-43(40,41)35-25(29(38)39)16-20-9-11-22(12-10-20)42-15-5-8-28(37)32-18-27-33-23-6-3-4-7-24(23)34-27/h3-4,6-7,9-12,21,25,35H,5,8,13-19H2,1-2H3,(H,32,37)(H,33,34)(H,38,39)/t21?,25-,31-/m0/s1. The monoisotopic (exact) mass is 610 g/mol. The third-order valence-electron chi connectivity index (χ3n) is 9.27. The maximum Gasteiger partial charge on any atom is 0.322 e. The van der Waals surface area contributed by atoms with Crippen LogP contribution in [0.3, 0.4) is 0 Å². The van der Waals surface area contributed by atoms with E-state index in [1.807, 2.05) is 38.1 Å². The average Bonchev–Trinajstić information content (AvgIpc) is 3.53. The number of para-hydroxylation sites is 2. The second-order valence-corrected chi connectivity index (χ2v) is 14.0. The fourth-order valence-electron chi connectivity index (χ4n) is 6.61. The van der Waals surface area contributed by atoms with E-state index in [9.17, 15) is 27.9 Å². The summed E-state index contributed by atoms with van der Waals surface area (Å²) in [6.45, 7) is 4.51. The lowest BCUT2D eigenvalue weighted by Gasteiger charge is -2.36. The minimum atomic E-state index is -4.05. The molecule has 2 bridgehead atoms. The normalized spacial score (nSPS) is 21.6. The van der Waals surface area contributed by atoms with E-state index in [-0.39, 0.29) is 30.4 Å². The van der Waals surface area contributed by atoms with E-state index in [2.05, 4.69) is 20.0 Å². The second kappa shape index (κ2) is 12.1. The van der Waals surface area contributed by atoms with Crippen LogP contribution in [-0.4, -0.2) is 59.6 Å². The molecule has 11 nitrogen and oxygen atoms in total. The lowest BCUT2D eigenvalue weighted by Crippen LogP contribution is -2.49. The number of Topliss-reactive ketones (excluding diaryl/α,β-unsaturated/α-hetero) is 1. The highest BCUT2D eigenvalue weighted by Crippen LogP contribution is 2.64. The van der Waals surface area contributed by atoms with Crippen molar-refractivity contribution in [1.82, 2.24) is 20.0 Å². The van der Waals surface area contributed by atoms with E-state index in [0.717, 1.165) is 17.5 Å². The molecule has 0 spiro atoms. The van der Waals surface area contributed by atoms with Crippen LogP contribution in [0, 0.1) is 16.7 Å². The zero-order chi connectivity index (χ0) is 30.8. The maximum absolute atomic E-state index is 13.1. The highest BCUT2D eigenvalue weighted by atomic mass is 32.2. The van der Waals surface area contributed by atoms with Crippen LogP contribution in [-0.2, 0) is 37.4 Å². The van der Waals surface area contributed by atoms with Gasteiger partial charge in [0.25, 0.3) is 0 Å². The molecule has 3 aromatic rings. The largest absolute Gasteiger partial charge is 0.494 e. The van der Waals surface area contributed by atoms with Crippen LogP contribution >= 0.6 is 0 Å². The molecule has 1 amide bonds. The molecule has 1 heterocycles. The summed E-state index contributed by atoms with van der Waals surface area (Å²) in [5.41, 5.74) is 0.966. The molecule has 43 heavy (non-hydrogen) atoms. The fraction of sp³-hybridized carbons (Fsp3) is 0.484. The molecule has 2 fully saturated rings. The number of carboxylic acid groups (broad SMARTS) is 1. The van der Waals surface area contributed by atoms with Gasteiger partial charge in [0.15, 0.2) is 0 Å². The summed E-state index contributed by atoms with van der Waals surface area (Å²) in [6.07, 6.45) is 2.42. The van der Waals surface area contributed by atoms with Gasteiger partial charge in [-0.05, 0) is 66.8 Å². The number of aliphatic carboxylic acids is 1. The topological polar surface area (TPSA) is 168 Å². The Morgan fingerprint density at radius 2 is 1.91 bits per heavy atom. The molecule has 2 aliphatic carbocycles. The molecule has 2 saturated carbocycles. The molecular weight excluding hydrogens is 572 g/mol. The number of ether oxygens (including phenoxy) is 1. The molecule has 0 radical (unpaired) electrons. The van der Waals surface area contributed by atoms with Gasteiger partial charge in [0.1, 0.15) is 23.4 Å². The SMILES string of the molecule is CC1(C)C2CC[C@]1(CS(=O)(=O)N[C@@H](Cc1ccc(OCCCC(=O)NCc3nc4ccccc4[nH]3)cc1)C(=O)O)C(=O)C2. The fourth-order valence-corrected chi connectivity index (χ4v) is 8.64.